The molecule has 2 amide bonds. The van der Waals surface area contributed by atoms with Gasteiger partial charge in [-0.2, -0.15) is 0 Å². The predicted octanol–water partition coefficient (Wildman–Crippen LogP) is 3.79. The number of hydrogen-bond donors (Lipinski definition) is 4. The van der Waals surface area contributed by atoms with Crippen LogP contribution in [0.2, 0.25) is 0 Å². The maximum Gasteiger partial charge on any atom is 0.267 e. The van der Waals surface area contributed by atoms with E-state index < -0.39 is 11.5 Å². The van der Waals surface area contributed by atoms with Crippen molar-refractivity contribution < 1.29 is 19.8 Å². The van der Waals surface area contributed by atoms with Crippen molar-refractivity contribution in [2.75, 3.05) is 18.5 Å². The lowest BCUT2D eigenvalue weighted by atomic mass is 9.47. The van der Waals surface area contributed by atoms with Crippen LogP contribution in [0.1, 0.15) is 72.6 Å². The summed E-state index contributed by atoms with van der Waals surface area (Å²) in [5.74, 6) is -0.349. The molecule has 0 radical (unpaired) electrons. The van der Waals surface area contributed by atoms with Gasteiger partial charge in [0.05, 0.1) is 23.3 Å². The van der Waals surface area contributed by atoms with Gasteiger partial charge < -0.3 is 15.5 Å². The lowest BCUT2D eigenvalue weighted by Gasteiger charge is -2.58. The summed E-state index contributed by atoms with van der Waals surface area (Å²) in [5, 5.41) is 29.5. The van der Waals surface area contributed by atoms with Crippen LogP contribution in [0.3, 0.4) is 0 Å². The molecule has 4 rings (SSSR count). The molecule has 9 heteroatoms. The van der Waals surface area contributed by atoms with E-state index in [1.165, 1.54) is 22.7 Å². The molecule has 5 atom stereocenters. The Labute approximate surface area is 202 Å². The zero-order valence-corrected chi connectivity index (χ0v) is 21.0. The minimum atomic E-state index is -0.660. The van der Waals surface area contributed by atoms with Gasteiger partial charge in [0, 0.05) is 29.2 Å². The second kappa shape index (κ2) is 9.44. The van der Waals surface area contributed by atoms with Crippen molar-refractivity contribution in [2.45, 2.75) is 64.9 Å². The summed E-state index contributed by atoms with van der Waals surface area (Å²) in [7, 11) is 0. The topological polar surface area (TPSA) is 112 Å². The molecule has 180 valence electrons. The SMILES string of the molecule is CCCNC(=O)C[C@H]1c2nc(NC(=O)c3cccs3)sc2C[C@H]2[C@](C)(CO)[C@H](O)CC[C@]21C. The summed E-state index contributed by atoms with van der Waals surface area (Å²) in [6.45, 7) is 6.68. The monoisotopic (exact) mass is 491 g/mol. The molecular weight excluding hydrogens is 458 g/mol. The Bertz CT molecular complexity index is 1010. The van der Waals surface area contributed by atoms with Gasteiger partial charge in [-0.25, -0.2) is 4.98 Å². The van der Waals surface area contributed by atoms with Gasteiger partial charge in [0.2, 0.25) is 5.91 Å². The molecule has 0 aliphatic heterocycles. The second-order valence-corrected chi connectivity index (χ2v) is 11.9. The van der Waals surface area contributed by atoms with Gasteiger partial charge in [-0.15, -0.1) is 22.7 Å². The molecule has 33 heavy (non-hydrogen) atoms. The number of thiazole rings is 1. The number of amides is 2. The summed E-state index contributed by atoms with van der Waals surface area (Å²) in [6, 6.07) is 3.61. The van der Waals surface area contributed by atoms with E-state index in [0.717, 1.165) is 23.4 Å². The van der Waals surface area contributed by atoms with Crippen molar-refractivity contribution >= 4 is 39.6 Å². The van der Waals surface area contributed by atoms with Crippen LogP contribution in [0, 0.1) is 16.7 Å². The predicted molar refractivity (Wildman–Crippen MR) is 131 cm³/mol. The number of carbonyl (C=O) groups excluding carboxylic acids is 2. The number of aliphatic hydroxyl groups is 2. The molecule has 0 aromatic carbocycles. The average Bonchev–Trinajstić information content (AvgIpc) is 3.46. The first-order valence-electron chi connectivity index (χ1n) is 11.6. The highest BCUT2D eigenvalue weighted by Crippen LogP contribution is 2.62. The molecule has 1 fully saturated rings. The highest BCUT2D eigenvalue weighted by Gasteiger charge is 2.59. The van der Waals surface area contributed by atoms with Crippen LogP contribution in [-0.4, -0.2) is 46.3 Å². The number of hydrogen-bond acceptors (Lipinski definition) is 7. The lowest BCUT2D eigenvalue weighted by molar-refractivity contribution is -0.144. The van der Waals surface area contributed by atoms with E-state index in [1.54, 1.807) is 6.07 Å². The van der Waals surface area contributed by atoms with Crippen molar-refractivity contribution in [2.24, 2.45) is 16.7 Å². The number of aromatic nitrogens is 1. The summed E-state index contributed by atoms with van der Waals surface area (Å²) in [5.41, 5.74) is -0.0765. The normalized spacial score (nSPS) is 30.9. The molecule has 0 unspecified atom stereocenters. The molecule has 2 aliphatic carbocycles. The fourth-order valence-electron chi connectivity index (χ4n) is 5.79. The van der Waals surface area contributed by atoms with Crippen molar-refractivity contribution in [1.29, 1.82) is 0 Å². The molecule has 0 spiro atoms. The molecule has 2 aliphatic rings. The number of thiophene rings is 1. The highest BCUT2D eigenvalue weighted by atomic mass is 32.1. The standard InChI is InChI=1S/C24H33N3O4S2/c1-4-9-25-19(30)11-14-20-16(33-22(26-20)27-21(31)15-6-5-10-32-15)12-17-23(14,2)8-7-18(29)24(17,3)13-28/h5-6,10,14,17-18,28-29H,4,7-9,11-13H2,1-3H3,(H,25,30)(H,26,27,31)/t14-,17+,18+,23-,24-/m0/s1. The van der Waals surface area contributed by atoms with E-state index in [-0.39, 0.29) is 35.7 Å². The van der Waals surface area contributed by atoms with Gasteiger partial charge in [-0.3, -0.25) is 14.9 Å². The third kappa shape index (κ3) is 4.36. The number of carbonyl (C=O) groups is 2. The Hall–Kier alpha value is -1.81. The average molecular weight is 492 g/mol. The first-order valence-corrected chi connectivity index (χ1v) is 13.3. The number of nitrogens with zero attached hydrogens (tertiary/aromatic N) is 1. The molecule has 7 nitrogen and oxygen atoms in total. The summed E-state index contributed by atoms with van der Waals surface area (Å²) in [6.07, 6.45) is 2.58. The van der Waals surface area contributed by atoms with Crippen molar-refractivity contribution in [3.8, 4) is 0 Å². The maximum absolute atomic E-state index is 12.8. The number of aliphatic hydroxyl groups excluding tert-OH is 2. The zero-order valence-electron chi connectivity index (χ0n) is 19.4. The van der Waals surface area contributed by atoms with E-state index in [0.29, 0.717) is 35.8 Å². The Kier molecular flexibility index (Phi) is 6.96. The van der Waals surface area contributed by atoms with E-state index in [9.17, 15) is 19.8 Å². The van der Waals surface area contributed by atoms with Gasteiger partial charge in [-0.1, -0.05) is 26.8 Å². The molecule has 2 aromatic rings. The van der Waals surface area contributed by atoms with Crippen LogP contribution in [0.15, 0.2) is 17.5 Å². The van der Waals surface area contributed by atoms with E-state index in [4.69, 9.17) is 4.98 Å². The first-order chi connectivity index (χ1) is 15.7. The zero-order chi connectivity index (χ0) is 23.8. The minimum absolute atomic E-state index is 0.00322. The quantitative estimate of drug-likeness (QED) is 0.471. The number of nitrogens with one attached hydrogen (secondary N) is 2. The van der Waals surface area contributed by atoms with Crippen molar-refractivity contribution in [3.63, 3.8) is 0 Å². The van der Waals surface area contributed by atoms with Gasteiger partial charge in [-0.05, 0) is 48.5 Å². The van der Waals surface area contributed by atoms with Crippen LogP contribution < -0.4 is 10.6 Å². The molecule has 2 aromatic heterocycles. The lowest BCUT2D eigenvalue weighted by Crippen LogP contribution is -2.57. The number of fused-ring (bicyclic) bond motifs is 2. The van der Waals surface area contributed by atoms with Crippen LogP contribution in [0.5, 0.6) is 0 Å². The Morgan fingerprint density at radius 3 is 2.79 bits per heavy atom. The largest absolute Gasteiger partial charge is 0.396 e. The van der Waals surface area contributed by atoms with Gasteiger partial charge in [0.1, 0.15) is 0 Å². The second-order valence-electron chi connectivity index (χ2n) is 9.85. The fourth-order valence-corrected chi connectivity index (χ4v) is 7.47. The summed E-state index contributed by atoms with van der Waals surface area (Å²) in [4.78, 5) is 31.9. The molecule has 1 saturated carbocycles. The Morgan fingerprint density at radius 2 is 2.12 bits per heavy atom. The van der Waals surface area contributed by atoms with E-state index in [1.807, 2.05) is 25.3 Å². The number of anilines is 1. The third-order valence-electron chi connectivity index (χ3n) is 7.82. The molecule has 4 N–H and O–H groups in total. The first kappa shape index (κ1) is 24.3. The highest BCUT2D eigenvalue weighted by molar-refractivity contribution is 7.16. The van der Waals surface area contributed by atoms with Crippen molar-refractivity contribution in [1.82, 2.24) is 10.3 Å². The molecule has 2 heterocycles. The van der Waals surface area contributed by atoms with Crippen LogP contribution in [-0.2, 0) is 11.2 Å². The van der Waals surface area contributed by atoms with Crippen LogP contribution in [0.25, 0.3) is 0 Å². The Morgan fingerprint density at radius 1 is 1.33 bits per heavy atom. The van der Waals surface area contributed by atoms with Crippen LogP contribution >= 0.6 is 22.7 Å². The smallest absolute Gasteiger partial charge is 0.267 e. The molecule has 0 bridgehead atoms. The van der Waals surface area contributed by atoms with Gasteiger partial charge >= 0.3 is 0 Å². The number of rotatable bonds is 7. The van der Waals surface area contributed by atoms with Gasteiger partial charge in [0.25, 0.3) is 5.91 Å². The van der Waals surface area contributed by atoms with E-state index in [2.05, 4.69) is 17.6 Å². The van der Waals surface area contributed by atoms with Gasteiger partial charge in [0.15, 0.2) is 5.13 Å². The van der Waals surface area contributed by atoms with E-state index >= 15 is 0 Å². The minimum Gasteiger partial charge on any atom is -0.396 e. The van der Waals surface area contributed by atoms with Crippen molar-refractivity contribution in [3.05, 3.63) is 33.0 Å². The maximum atomic E-state index is 12.8. The fraction of sp³-hybridized carbons (Fsp3) is 0.625. The van der Waals surface area contributed by atoms with Crippen LogP contribution in [0.4, 0.5) is 5.13 Å². The Balaban J connectivity index is 1.71. The summed E-state index contributed by atoms with van der Waals surface area (Å²) >= 11 is 2.82. The molecule has 0 saturated heterocycles. The third-order valence-corrected chi connectivity index (χ3v) is 9.70. The molecular formula is C24H33N3O4S2. The summed E-state index contributed by atoms with van der Waals surface area (Å²) < 4.78 is 0.